The second kappa shape index (κ2) is 6.82. The molecular weight excluding hydrogens is 160 g/mol. The zero-order chi connectivity index (χ0) is 9.40. The molecule has 0 atom stereocenters. The number of methoxy groups -OCH3 is 1. The Balaban J connectivity index is 3.50. The average Bonchev–Trinajstić information content (AvgIpc) is 2.05. The van der Waals surface area contributed by atoms with Crippen LogP contribution in [0.3, 0.4) is 0 Å². The number of hydrogen-bond donors (Lipinski definition) is 0. The van der Waals surface area contributed by atoms with E-state index in [0.29, 0.717) is 12.2 Å². The summed E-state index contributed by atoms with van der Waals surface area (Å²) in [7, 11) is 1.51. The number of hydrogen-bond acceptors (Lipinski definition) is 4. The number of ether oxygens (including phenoxy) is 3. The lowest BCUT2D eigenvalue weighted by molar-refractivity contribution is -0.139. The molecule has 0 aliphatic heterocycles. The smallest absolute Gasteiger partial charge is 0.335 e. The predicted molar refractivity (Wildman–Crippen MR) is 43.6 cm³/mol. The largest absolute Gasteiger partial charge is 0.463 e. The summed E-state index contributed by atoms with van der Waals surface area (Å²) >= 11 is 0. The Morgan fingerprint density at radius 3 is 2.67 bits per heavy atom. The molecule has 0 rings (SSSR count). The van der Waals surface area contributed by atoms with Gasteiger partial charge in [-0.25, -0.2) is 4.79 Å². The molecule has 4 nitrogen and oxygen atoms in total. The average molecular weight is 174 g/mol. The van der Waals surface area contributed by atoms with Crippen LogP contribution in [-0.2, 0) is 19.0 Å². The Bertz CT molecular complexity index is 153. The molecule has 0 aromatic rings. The van der Waals surface area contributed by atoms with E-state index in [1.807, 2.05) is 0 Å². The van der Waals surface area contributed by atoms with Crippen LogP contribution in [0.15, 0.2) is 12.2 Å². The van der Waals surface area contributed by atoms with Gasteiger partial charge in [-0.05, 0) is 6.92 Å². The Labute approximate surface area is 72.1 Å². The summed E-state index contributed by atoms with van der Waals surface area (Å²) < 4.78 is 14.2. The summed E-state index contributed by atoms with van der Waals surface area (Å²) in [6, 6.07) is 0. The molecule has 0 radical (unpaired) electrons. The summed E-state index contributed by atoms with van der Waals surface area (Å²) in [6.45, 7) is 5.87. The molecule has 0 saturated carbocycles. The third-order valence-electron chi connectivity index (χ3n) is 1.04. The van der Waals surface area contributed by atoms with Crippen LogP contribution in [0.1, 0.15) is 6.92 Å². The van der Waals surface area contributed by atoms with Crippen molar-refractivity contribution in [1.82, 2.24) is 0 Å². The van der Waals surface area contributed by atoms with Crippen molar-refractivity contribution in [3.63, 3.8) is 0 Å². The van der Waals surface area contributed by atoms with Gasteiger partial charge in [-0.1, -0.05) is 6.58 Å². The molecular formula is C8H14O4. The molecule has 0 aliphatic carbocycles. The summed E-state index contributed by atoms with van der Waals surface area (Å²) in [5, 5.41) is 0. The van der Waals surface area contributed by atoms with Gasteiger partial charge >= 0.3 is 5.97 Å². The van der Waals surface area contributed by atoms with Crippen molar-refractivity contribution >= 4 is 5.97 Å². The third kappa shape index (κ3) is 4.87. The zero-order valence-electron chi connectivity index (χ0n) is 7.46. The van der Waals surface area contributed by atoms with E-state index in [0.717, 1.165) is 0 Å². The van der Waals surface area contributed by atoms with E-state index in [1.54, 1.807) is 6.92 Å². The fourth-order valence-corrected chi connectivity index (χ4v) is 0.540. The SMILES string of the molecule is C=C(COCOC)C(=O)OCC. The van der Waals surface area contributed by atoms with E-state index in [-0.39, 0.29) is 13.4 Å². The van der Waals surface area contributed by atoms with E-state index in [1.165, 1.54) is 7.11 Å². The zero-order valence-corrected chi connectivity index (χ0v) is 7.46. The molecule has 0 fully saturated rings. The van der Waals surface area contributed by atoms with Crippen LogP contribution in [0.25, 0.3) is 0 Å². The van der Waals surface area contributed by atoms with Gasteiger partial charge in [0, 0.05) is 7.11 Å². The second-order valence-electron chi connectivity index (χ2n) is 2.08. The molecule has 0 aromatic carbocycles. The van der Waals surface area contributed by atoms with E-state index in [9.17, 15) is 4.79 Å². The molecule has 0 bridgehead atoms. The fraction of sp³-hybridized carbons (Fsp3) is 0.625. The van der Waals surface area contributed by atoms with Crippen LogP contribution < -0.4 is 0 Å². The van der Waals surface area contributed by atoms with E-state index in [4.69, 9.17) is 4.74 Å². The van der Waals surface area contributed by atoms with Crippen molar-refractivity contribution in [1.29, 1.82) is 0 Å². The topological polar surface area (TPSA) is 44.8 Å². The van der Waals surface area contributed by atoms with Crippen molar-refractivity contribution in [2.75, 3.05) is 27.1 Å². The van der Waals surface area contributed by atoms with Crippen molar-refractivity contribution in [3.05, 3.63) is 12.2 Å². The molecule has 0 spiro atoms. The lowest BCUT2D eigenvalue weighted by atomic mass is 10.3. The number of carbonyl (C=O) groups excluding carboxylic acids is 1. The Kier molecular flexibility index (Phi) is 6.32. The molecule has 0 unspecified atom stereocenters. The molecule has 0 N–H and O–H groups in total. The number of rotatable bonds is 6. The van der Waals surface area contributed by atoms with Crippen molar-refractivity contribution < 1.29 is 19.0 Å². The summed E-state index contributed by atoms with van der Waals surface area (Å²) in [5.41, 5.74) is 0.300. The highest BCUT2D eigenvalue weighted by atomic mass is 16.7. The first-order valence-electron chi connectivity index (χ1n) is 3.64. The molecule has 0 aromatic heterocycles. The Morgan fingerprint density at radius 2 is 2.17 bits per heavy atom. The normalized spacial score (nSPS) is 9.50. The van der Waals surface area contributed by atoms with Gasteiger partial charge in [0.2, 0.25) is 0 Å². The van der Waals surface area contributed by atoms with Crippen molar-refractivity contribution in [2.45, 2.75) is 6.92 Å². The first-order chi connectivity index (χ1) is 5.72. The highest BCUT2D eigenvalue weighted by Crippen LogP contribution is 1.95. The molecule has 0 heterocycles. The maximum Gasteiger partial charge on any atom is 0.335 e. The van der Waals surface area contributed by atoms with Gasteiger partial charge in [0.15, 0.2) is 0 Å². The van der Waals surface area contributed by atoms with Crippen LogP contribution in [0.4, 0.5) is 0 Å². The lowest BCUT2D eigenvalue weighted by Crippen LogP contribution is -2.12. The van der Waals surface area contributed by atoms with E-state index in [2.05, 4.69) is 16.1 Å². The number of carbonyl (C=O) groups is 1. The van der Waals surface area contributed by atoms with Gasteiger partial charge in [-0.2, -0.15) is 0 Å². The second-order valence-corrected chi connectivity index (χ2v) is 2.08. The lowest BCUT2D eigenvalue weighted by Gasteiger charge is -2.05. The van der Waals surface area contributed by atoms with E-state index >= 15 is 0 Å². The third-order valence-corrected chi connectivity index (χ3v) is 1.04. The molecule has 0 saturated heterocycles. The van der Waals surface area contributed by atoms with Gasteiger partial charge in [0.1, 0.15) is 6.79 Å². The van der Waals surface area contributed by atoms with Gasteiger partial charge in [-0.3, -0.25) is 0 Å². The monoisotopic (exact) mass is 174 g/mol. The van der Waals surface area contributed by atoms with Crippen LogP contribution in [-0.4, -0.2) is 33.1 Å². The van der Waals surface area contributed by atoms with Crippen molar-refractivity contribution in [3.8, 4) is 0 Å². The minimum Gasteiger partial charge on any atom is -0.463 e. The molecule has 4 heteroatoms. The first kappa shape index (κ1) is 11.1. The standard InChI is InChI=1S/C8H14O4/c1-4-12-8(9)7(2)5-11-6-10-3/h2,4-6H2,1,3H3. The van der Waals surface area contributed by atoms with E-state index < -0.39 is 5.97 Å². The molecule has 70 valence electrons. The number of esters is 1. The quantitative estimate of drug-likeness (QED) is 0.258. The Morgan fingerprint density at radius 1 is 1.50 bits per heavy atom. The fourth-order valence-electron chi connectivity index (χ4n) is 0.540. The van der Waals surface area contributed by atoms with Crippen molar-refractivity contribution in [2.24, 2.45) is 0 Å². The highest BCUT2D eigenvalue weighted by Gasteiger charge is 2.06. The van der Waals surface area contributed by atoms with Gasteiger partial charge in [0.25, 0.3) is 0 Å². The summed E-state index contributed by atoms with van der Waals surface area (Å²) in [4.78, 5) is 10.9. The van der Waals surface area contributed by atoms with Gasteiger partial charge in [-0.15, -0.1) is 0 Å². The van der Waals surface area contributed by atoms with Crippen LogP contribution in [0, 0.1) is 0 Å². The van der Waals surface area contributed by atoms with Crippen LogP contribution in [0.5, 0.6) is 0 Å². The molecule has 12 heavy (non-hydrogen) atoms. The highest BCUT2D eigenvalue weighted by molar-refractivity contribution is 5.87. The molecule has 0 amide bonds. The maximum absolute atomic E-state index is 10.9. The predicted octanol–water partition coefficient (Wildman–Crippen LogP) is 0.726. The summed E-state index contributed by atoms with van der Waals surface area (Å²) in [5.74, 6) is -0.423. The first-order valence-corrected chi connectivity index (χ1v) is 3.64. The van der Waals surface area contributed by atoms with Gasteiger partial charge < -0.3 is 14.2 Å². The summed E-state index contributed by atoms with van der Waals surface area (Å²) in [6.07, 6.45) is 0. The molecule has 0 aliphatic rings. The maximum atomic E-state index is 10.9. The van der Waals surface area contributed by atoms with Crippen LogP contribution >= 0.6 is 0 Å². The van der Waals surface area contributed by atoms with Crippen LogP contribution in [0.2, 0.25) is 0 Å². The minimum atomic E-state index is -0.423. The van der Waals surface area contributed by atoms with Gasteiger partial charge in [0.05, 0.1) is 18.8 Å². The Hall–Kier alpha value is -0.870. The minimum absolute atomic E-state index is 0.146.